The summed E-state index contributed by atoms with van der Waals surface area (Å²) in [4.78, 5) is 11.5. The second-order valence-electron chi connectivity index (χ2n) is 3.18. The molecule has 0 bridgehead atoms. The smallest absolute Gasteiger partial charge is 0.153 e. The molecule has 0 heterocycles. The molecule has 1 aromatic carbocycles. The second kappa shape index (κ2) is 5.05. The fourth-order valence-electron chi connectivity index (χ4n) is 1.01. The van der Waals surface area contributed by atoms with E-state index in [0.717, 1.165) is 11.3 Å². The first kappa shape index (κ1) is 11.1. The van der Waals surface area contributed by atoms with Crippen molar-refractivity contribution in [1.82, 2.24) is 0 Å². The van der Waals surface area contributed by atoms with Crippen molar-refractivity contribution in [3.63, 3.8) is 0 Å². The number of hydrogen-bond donors (Lipinski definition) is 1. The van der Waals surface area contributed by atoms with E-state index in [0.29, 0.717) is 17.1 Å². The summed E-state index contributed by atoms with van der Waals surface area (Å²) in [5.41, 5.74) is 0.346. The third-order valence-electron chi connectivity index (χ3n) is 2.04. The largest absolute Gasteiger partial charge is 0.507 e. The van der Waals surface area contributed by atoms with Gasteiger partial charge >= 0.3 is 0 Å². The van der Waals surface area contributed by atoms with Gasteiger partial charge < -0.3 is 5.11 Å². The molecule has 0 spiro atoms. The van der Waals surface area contributed by atoms with Crippen LogP contribution in [0.3, 0.4) is 0 Å². The van der Waals surface area contributed by atoms with Gasteiger partial charge in [0.15, 0.2) is 6.29 Å². The Labute approximate surface area is 88.3 Å². The lowest BCUT2D eigenvalue weighted by Gasteiger charge is -2.08. The van der Waals surface area contributed by atoms with Crippen LogP contribution in [0.5, 0.6) is 5.75 Å². The van der Waals surface area contributed by atoms with Crippen LogP contribution in [0.2, 0.25) is 0 Å². The Balaban J connectivity index is 2.81. The molecule has 0 saturated carbocycles. The van der Waals surface area contributed by atoms with Crippen molar-refractivity contribution in [2.45, 2.75) is 30.4 Å². The van der Waals surface area contributed by atoms with Crippen molar-refractivity contribution in [3.05, 3.63) is 23.8 Å². The van der Waals surface area contributed by atoms with Crippen LogP contribution in [0.25, 0.3) is 0 Å². The Morgan fingerprint density at radius 3 is 2.79 bits per heavy atom. The molecule has 1 unspecified atom stereocenters. The van der Waals surface area contributed by atoms with E-state index in [1.807, 2.05) is 6.07 Å². The van der Waals surface area contributed by atoms with Gasteiger partial charge in [0.2, 0.25) is 0 Å². The molecule has 0 radical (unpaired) electrons. The molecule has 14 heavy (non-hydrogen) atoms. The van der Waals surface area contributed by atoms with Crippen molar-refractivity contribution in [2.75, 3.05) is 0 Å². The van der Waals surface area contributed by atoms with Crippen LogP contribution in [0.15, 0.2) is 23.1 Å². The molecule has 0 amide bonds. The van der Waals surface area contributed by atoms with Crippen LogP contribution in [-0.4, -0.2) is 16.6 Å². The first-order chi connectivity index (χ1) is 6.67. The van der Waals surface area contributed by atoms with E-state index in [4.69, 9.17) is 0 Å². The molecule has 0 aliphatic carbocycles. The van der Waals surface area contributed by atoms with Crippen LogP contribution in [-0.2, 0) is 0 Å². The maximum absolute atomic E-state index is 10.5. The van der Waals surface area contributed by atoms with Gasteiger partial charge in [0, 0.05) is 10.1 Å². The summed E-state index contributed by atoms with van der Waals surface area (Å²) >= 11 is 1.70. The van der Waals surface area contributed by atoms with E-state index >= 15 is 0 Å². The van der Waals surface area contributed by atoms with Gasteiger partial charge in [-0.3, -0.25) is 4.79 Å². The summed E-state index contributed by atoms with van der Waals surface area (Å²) in [5.74, 6) is 0.0632. The van der Waals surface area contributed by atoms with Crippen LogP contribution < -0.4 is 0 Å². The fraction of sp³-hybridized carbons (Fsp3) is 0.364. The van der Waals surface area contributed by atoms with Gasteiger partial charge in [0.1, 0.15) is 5.75 Å². The Morgan fingerprint density at radius 2 is 2.29 bits per heavy atom. The zero-order valence-electron chi connectivity index (χ0n) is 8.36. The molecule has 0 fully saturated rings. The molecule has 1 aromatic rings. The summed E-state index contributed by atoms with van der Waals surface area (Å²) in [7, 11) is 0. The van der Waals surface area contributed by atoms with E-state index in [1.165, 1.54) is 0 Å². The van der Waals surface area contributed by atoms with Crippen molar-refractivity contribution < 1.29 is 9.90 Å². The minimum Gasteiger partial charge on any atom is -0.507 e. The van der Waals surface area contributed by atoms with Crippen molar-refractivity contribution in [2.24, 2.45) is 0 Å². The molecule has 0 aliphatic rings. The number of thioether (sulfide) groups is 1. The molecular weight excluding hydrogens is 196 g/mol. The minimum atomic E-state index is 0.0632. The SMILES string of the molecule is CCC(C)Sc1ccc(C=O)c(O)c1. The second-order valence-corrected chi connectivity index (χ2v) is 4.69. The lowest BCUT2D eigenvalue weighted by molar-refractivity contribution is 0.112. The Kier molecular flexibility index (Phi) is 4.01. The first-order valence-corrected chi connectivity index (χ1v) is 5.50. The zero-order valence-corrected chi connectivity index (χ0v) is 9.17. The fourth-order valence-corrected chi connectivity index (χ4v) is 1.97. The van der Waals surface area contributed by atoms with E-state index < -0.39 is 0 Å². The molecule has 0 aromatic heterocycles. The van der Waals surface area contributed by atoms with Crippen LogP contribution >= 0.6 is 11.8 Å². The molecule has 0 aliphatic heterocycles. The molecule has 3 heteroatoms. The quantitative estimate of drug-likeness (QED) is 0.613. The molecule has 76 valence electrons. The van der Waals surface area contributed by atoms with Crippen molar-refractivity contribution >= 4 is 18.0 Å². The maximum Gasteiger partial charge on any atom is 0.153 e. The van der Waals surface area contributed by atoms with Crippen molar-refractivity contribution in [3.8, 4) is 5.75 Å². The highest BCUT2D eigenvalue weighted by molar-refractivity contribution is 7.99. The summed E-state index contributed by atoms with van der Waals surface area (Å²) < 4.78 is 0. The van der Waals surface area contributed by atoms with Crippen molar-refractivity contribution in [1.29, 1.82) is 0 Å². The number of aldehydes is 1. The molecular formula is C11H14O2S. The standard InChI is InChI=1S/C11H14O2S/c1-3-8(2)14-10-5-4-9(7-12)11(13)6-10/h4-8,13H,3H2,1-2H3. The van der Waals surface area contributed by atoms with E-state index in [-0.39, 0.29) is 5.75 Å². The lowest BCUT2D eigenvalue weighted by Crippen LogP contribution is -1.92. The average Bonchev–Trinajstić information content (AvgIpc) is 2.18. The normalized spacial score (nSPS) is 12.4. The molecule has 1 atom stereocenters. The number of phenols is 1. The van der Waals surface area contributed by atoms with Gasteiger partial charge in [-0.05, 0) is 24.6 Å². The van der Waals surface area contributed by atoms with Gasteiger partial charge in [-0.25, -0.2) is 0 Å². The topological polar surface area (TPSA) is 37.3 Å². The average molecular weight is 210 g/mol. The van der Waals surface area contributed by atoms with Gasteiger partial charge in [-0.2, -0.15) is 0 Å². The zero-order chi connectivity index (χ0) is 10.6. The minimum absolute atomic E-state index is 0.0632. The van der Waals surface area contributed by atoms with Crippen LogP contribution in [0.4, 0.5) is 0 Å². The van der Waals surface area contributed by atoms with Gasteiger partial charge in [0.05, 0.1) is 5.56 Å². The summed E-state index contributed by atoms with van der Waals surface area (Å²) in [6.07, 6.45) is 1.74. The highest BCUT2D eigenvalue weighted by Crippen LogP contribution is 2.28. The van der Waals surface area contributed by atoms with E-state index in [9.17, 15) is 9.90 Å². The summed E-state index contributed by atoms with van der Waals surface area (Å²) in [5, 5.41) is 9.96. The van der Waals surface area contributed by atoms with Crippen LogP contribution in [0.1, 0.15) is 30.6 Å². The van der Waals surface area contributed by atoms with E-state index in [1.54, 1.807) is 23.9 Å². The molecule has 0 saturated heterocycles. The Morgan fingerprint density at radius 1 is 1.57 bits per heavy atom. The number of phenolic OH excluding ortho intramolecular Hbond substituents is 1. The predicted octanol–water partition coefficient (Wildman–Crippen LogP) is 3.10. The number of rotatable bonds is 4. The first-order valence-electron chi connectivity index (χ1n) is 4.62. The number of carbonyl (C=O) groups excluding carboxylic acids is 1. The third-order valence-corrected chi connectivity index (χ3v) is 3.30. The van der Waals surface area contributed by atoms with E-state index in [2.05, 4.69) is 13.8 Å². The van der Waals surface area contributed by atoms with Crippen LogP contribution in [0, 0.1) is 0 Å². The number of benzene rings is 1. The Hall–Kier alpha value is -0.960. The molecule has 2 nitrogen and oxygen atoms in total. The number of carbonyl (C=O) groups is 1. The Bertz CT molecular complexity index is 323. The number of aromatic hydroxyl groups is 1. The summed E-state index contributed by atoms with van der Waals surface area (Å²) in [6.45, 7) is 4.26. The third kappa shape index (κ3) is 2.77. The summed E-state index contributed by atoms with van der Waals surface area (Å²) in [6, 6.07) is 5.15. The molecule has 1 rings (SSSR count). The maximum atomic E-state index is 10.5. The van der Waals surface area contributed by atoms with Gasteiger partial charge in [-0.1, -0.05) is 13.8 Å². The van der Waals surface area contributed by atoms with Gasteiger partial charge in [-0.15, -0.1) is 11.8 Å². The predicted molar refractivity (Wildman–Crippen MR) is 59.1 cm³/mol. The van der Waals surface area contributed by atoms with Gasteiger partial charge in [0.25, 0.3) is 0 Å². The highest BCUT2D eigenvalue weighted by Gasteiger charge is 2.05. The highest BCUT2D eigenvalue weighted by atomic mass is 32.2. The lowest BCUT2D eigenvalue weighted by atomic mass is 10.2. The molecule has 1 N–H and O–H groups in total. The monoisotopic (exact) mass is 210 g/mol. The number of hydrogen-bond acceptors (Lipinski definition) is 3.